The fraction of sp³-hybridized carbons (Fsp3) is 0.667. The molecule has 2 heterocycles. The van der Waals surface area contributed by atoms with Crippen LogP contribution in [0.25, 0.3) is 0 Å². The summed E-state index contributed by atoms with van der Waals surface area (Å²) in [5.41, 5.74) is 1.56. The van der Waals surface area contributed by atoms with Crippen LogP contribution < -0.4 is 5.32 Å². The smallest absolute Gasteiger partial charge is 0.257 e. The quantitative estimate of drug-likeness (QED) is 0.815. The van der Waals surface area contributed by atoms with E-state index < -0.39 is 0 Å². The second kappa shape index (κ2) is 5.31. The van der Waals surface area contributed by atoms with Crippen LogP contribution in [0, 0.1) is 12.8 Å². The number of aryl methyl sites for hydroxylation is 1. The van der Waals surface area contributed by atoms with Gasteiger partial charge in [-0.25, -0.2) is 0 Å². The van der Waals surface area contributed by atoms with Crippen molar-refractivity contribution in [2.24, 2.45) is 5.92 Å². The lowest BCUT2D eigenvalue weighted by Crippen LogP contribution is -2.42. The second-order valence-electron chi connectivity index (χ2n) is 4.73. The minimum absolute atomic E-state index is 0.108. The Morgan fingerprint density at radius 3 is 3.18 bits per heavy atom. The number of nitrogens with one attached hydrogen (secondary N) is 2. The van der Waals surface area contributed by atoms with E-state index in [4.69, 9.17) is 0 Å². The zero-order valence-electron chi connectivity index (χ0n) is 10.5. The minimum atomic E-state index is 0.108. The summed E-state index contributed by atoms with van der Waals surface area (Å²) < 4.78 is 0. The van der Waals surface area contributed by atoms with E-state index in [-0.39, 0.29) is 5.91 Å². The van der Waals surface area contributed by atoms with Crippen molar-refractivity contribution in [2.75, 3.05) is 26.7 Å². The van der Waals surface area contributed by atoms with E-state index in [9.17, 15) is 4.79 Å². The molecule has 0 aliphatic carbocycles. The Bertz CT molecular complexity index is 386. The van der Waals surface area contributed by atoms with Crippen molar-refractivity contribution in [3.63, 3.8) is 0 Å². The highest BCUT2D eigenvalue weighted by Crippen LogP contribution is 2.18. The molecule has 0 spiro atoms. The number of amides is 1. The highest BCUT2D eigenvalue weighted by molar-refractivity contribution is 5.95. The Balaban J connectivity index is 2.02. The summed E-state index contributed by atoms with van der Waals surface area (Å²) in [6.07, 6.45) is 3.92. The number of carbonyl (C=O) groups excluding carboxylic acids is 1. The van der Waals surface area contributed by atoms with Crippen LogP contribution in [0.2, 0.25) is 0 Å². The van der Waals surface area contributed by atoms with E-state index in [0.717, 1.165) is 31.7 Å². The molecule has 1 saturated heterocycles. The lowest BCUT2D eigenvalue weighted by atomic mass is 9.97. The molecular formula is C12H20N4O. The number of likely N-dealkylation sites (tertiary alicyclic amines) is 1. The zero-order chi connectivity index (χ0) is 12.3. The topological polar surface area (TPSA) is 61.0 Å². The third-order valence-electron chi connectivity index (χ3n) is 3.36. The number of aromatic amines is 1. The lowest BCUT2D eigenvalue weighted by Gasteiger charge is -2.32. The summed E-state index contributed by atoms with van der Waals surface area (Å²) >= 11 is 0. The maximum Gasteiger partial charge on any atom is 0.257 e. The number of aromatic nitrogens is 2. The molecule has 17 heavy (non-hydrogen) atoms. The van der Waals surface area contributed by atoms with E-state index in [1.807, 2.05) is 18.9 Å². The summed E-state index contributed by atoms with van der Waals surface area (Å²) in [4.78, 5) is 14.2. The van der Waals surface area contributed by atoms with Crippen molar-refractivity contribution in [1.82, 2.24) is 20.4 Å². The van der Waals surface area contributed by atoms with E-state index in [1.165, 1.54) is 6.42 Å². The molecule has 1 aromatic rings. The van der Waals surface area contributed by atoms with E-state index >= 15 is 0 Å². The molecule has 2 N–H and O–H groups in total. The molecule has 1 aliphatic heterocycles. The highest BCUT2D eigenvalue weighted by Gasteiger charge is 2.25. The van der Waals surface area contributed by atoms with Crippen LogP contribution in [0.15, 0.2) is 6.20 Å². The van der Waals surface area contributed by atoms with Gasteiger partial charge in [0.15, 0.2) is 0 Å². The van der Waals surface area contributed by atoms with Gasteiger partial charge in [0.05, 0.1) is 11.8 Å². The van der Waals surface area contributed by atoms with E-state index in [1.54, 1.807) is 6.20 Å². The van der Waals surface area contributed by atoms with Crippen molar-refractivity contribution in [1.29, 1.82) is 0 Å². The summed E-state index contributed by atoms with van der Waals surface area (Å²) in [7, 11) is 1.96. The fourth-order valence-corrected chi connectivity index (χ4v) is 2.44. The zero-order valence-corrected chi connectivity index (χ0v) is 10.5. The monoisotopic (exact) mass is 236 g/mol. The molecule has 1 amide bonds. The maximum absolute atomic E-state index is 12.3. The van der Waals surface area contributed by atoms with Crippen molar-refractivity contribution >= 4 is 5.91 Å². The molecule has 5 nitrogen and oxygen atoms in total. The molecule has 0 saturated carbocycles. The van der Waals surface area contributed by atoms with Gasteiger partial charge in [0.1, 0.15) is 0 Å². The predicted octanol–water partition coefficient (Wildman–Crippen LogP) is 0.790. The standard InChI is InChI=1S/C12H20N4O/c1-9-11(7-14-15-9)12(17)16-5-3-4-10(8-16)6-13-2/h7,10,13H,3-6,8H2,1-2H3,(H,14,15). The van der Waals surface area contributed by atoms with Crippen molar-refractivity contribution in [3.05, 3.63) is 17.5 Å². The minimum Gasteiger partial charge on any atom is -0.338 e. The maximum atomic E-state index is 12.3. The number of H-pyrrole nitrogens is 1. The number of rotatable bonds is 3. The number of hydrogen-bond acceptors (Lipinski definition) is 3. The number of piperidine rings is 1. The Morgan fingerprint density at radius 2 is 2.53 bits per heavy atom. The highest BCUT2D eigenvalue weighted by atomic mass is 16.2. The molecule has 0 radical (unpaired) electrons. The summed E-state index contributed by atoms with van der Waals surface area (Å²) in [5.74, 6) is 0.682. The summed E-state index contributed by atoms with van der Waals surface area (Å²) in [6.45, 7) is 4.58. The van der Waals surface area contributed by atoms with E-state index in [2.05, 4.69) is 15.5 Å². The van der Waals surface area contributed by atoms with Gasteiger partial charge in [-0.3, -0.25) is 9.89 Å². The van der Waals surface area contributed by atoms with Gasteiger partial charge in [-0.05, 0) is 39.3 Å². The third kappa shape index (κ3) is 2.66. The van der Waals surface area contributed by atoms with Crippen molar-refractivity contribution in [3.8, 4) is 0 Å². The van der Waals surface area contributed by atoms with Gasteiger partial charge in [-0.1, -0.05) is 0 Å². The fourth-order valence-electron chi connectivity index (χ4n) is 2.44. The van der Waals surface area contributed by atoms with Gasteiger partial charge >= 0.3 is 0 Å². The van der Waals surface area contributed by atoms with E-state index in [0.29, 0.717) is 11.5 Å². The predicted molar refractivity (Wildman–Crippen MR) is 65.9 cm³/mol. The molecule has 1 aromatic heterocycles. The molecule has 94 valence electrons. The van der Waals surface area contributed by atoms with Gasteiger partial charge in [-0.15, -0.1) is 0 Å². The lowest BCUT2D eigenvalue weighted by molar-refractivity contribution is 0.0673. The van der Waals surface area contributed by atoms with Crippen molar-refractivity contribution < 1.29 is 4.79 Å². The molecule has 1 fully saturated rings. The van der Waals surface area contributed by atoms with Crippen LogP contribution >= 0.6 is 0 Å². The van der Waals surface area contributed by atoms with Crippen LogP contribution in [-0.4, -0.2) is 47.7 Å². The first-order valence-electron chi connectivity index (χ1n) is 6.16. The average molecular weight is 236 g/mol. The first-order valence-corrected chi connectivity index (χ1v) is 6.16. The Morgan fingerprint density at radius 1 is 1.71 bits per heavy atom. The van der Waals surface area contributed by atoms with Gasteiger partial charge < -0.3 is 10.2 Å². The first-order chi connectivity index (χ1) is 8.22. The Kier molecular flexibility index (Phi) is 3.78. The largest absolute Gasteiger partial charge is 0.338 e. The van der Waals surface area contributed by atoms with Gasteiger partial charge in [0.25, 0.3) is 5.91 Å². The third-order valence-corrected chi connectivity index (χ3v) is 3.36. The molecule has 2 rings (SSSR count). The molecular weight excluding hydrogens is 216 g/mol. The molecule has 1 unspecified atom stereocenters. The van der Waals surface area contributed by atoms with Crippen molar-refractivity contribution in [2.45, 2.75) is 19.8 Å². The number of hydrogen-bond donors (Lipinski definition) is 2. The normalized spacial score (nSPS) is 20.6. The average Bonchev–Trinajstić information content (AvgIpc) is 2.75. The number of nitrogens with zero attached hydrogens (tertiary/aromatic N) is 2. The summed E-state index contributed by atoms with van der Waals surface area (Å²) in [5, 5.41) is 9.91. The second-order valence-corrected chi connectivity index (χ2v) is 4.73. The molecule has 1 atom stereocenters. The molecule has 0 aromatic carbocycles. The number of carbonyl (C=O) groups is 1. The van der Waals surface area contributed by atoms with Gasteiger partial charge in [0.2, 0.25) is 0 Å². The van der Waals surface area contributed by atoms with Crippen LogP contribution in [0.1, 0.15) is 28.9 Å². The van der Waals surface area contributed by atoms with Crippen LogP contribution in [-0.2, 0) is 0 Å². The van der Waals surface area contributed by atoms with Crippen LogP contribution in [0.5, 0.6) is 0 Å². The summed E-state index contributed by atoms with van der Waals surface area (Å²) in [6, 6.07) is 0. The van der Waals surface area contributed by atoms with Crippen LogP contribution in [0.3, 0.4) is 0 Å². The molecule has 5 heteroatoms. The first kappa shape index (κ1) is 12.1. The van der Waals surface area contributed by atoms with Gasteiger partial charge in [0, 0.05) is 18.8 Å². The Hall–Kier alpha value is -1.36. The van der Waals surface area contributed by atoms with Crippen LogP contribution in [0.4, 0.5) is 0 Å². The SMILES string of the molecule is CNCC1CCCN(C(=O)c2cn[nH]c2C)C1. The van der Waals surface area contributed by atoms with Gasteiger partial charge in [-0.2, -0.15) is 5.10 Å². The molecule has 1 aliphatic rings. The molecule has 0 bridgehead atoms. The Labute approximate surface area is 102 Å².